The van der Waals surface area contributed by atoms with Crippen LogP contribution >= 0.6 is 11.3 Å². The van der Waals surface area contributed by atoms with Crippen molar-refractivity contribution in [3.05, 3.63) is 76.3 Å². The quantitative estimate of drug-likeness (QED) is 0.595. The molecular formula is C21H19N5O3S. The average Bonchev–Trinajstić information content (AvgIpc) is 3.33. The lowest BCUT2D eigenvalue weighted by Crippen LogP contribution is -2.42. The van der Waals surface area contributed by atoms with Gasteiger partial charge >= 0.3 is 6.03 Å². The van der Waals surface area contributed by atoms with Gasteiger partial charge in [-0.1, -0.05) is 60.7 Å². The van der Waals surface area contributed by atoms with E-state index in [2.05, 4.69) is 20.8 Å². The molecule has 0 aliphatic carbocycles. The Bertz CT molecular complexity index is 1060. The maximum absolute atomic E-state index is 13.0. The van der Waals surface area contributed by atoms with Crippen molar-refractivity contribution in [1.29, 1.82) is 0 Å². The number of fused-ring (bicyclic) bond motifs is 1. The van der Waals surface area contributed by atoms with Gasteiger partial charge in [0.15, 0.2) is 0 Å². The predicted molar refractivity (Wildman–Crippen MR) is 112 cm³/mol. The molecular weight excluding hydrogens is 402 g/mol. The molecule has 3 aromatic rings. The molecule has 0 saturated heterocycles. The van der Waals surface area contributed by atoms with Crippen LogP contribution < -0.4 is 10.6 Å². The molecule has 4 amide bonds. The maximum atomic E-state index is 13.0. The maximum Gasteiger partial charge on any atom is 0.321 e. The number of carbonyl (C=O) groups excluding carboxylic acids is 3. The van der Waals surface area contributed by atoms with E-state index in [1.807, 2.05) is 37.3 Å². The minimum atomic E-state index is -0.648. The van der Waals surface area contributed by atoms with Gasteiger partial charge in [0.05, 0.1) is 17.2 Å². The molecule has 1 unspecified atom stereocenters. The monoisotopic (exact) mass is 421 g/mol. The van der Waals surface area contributed by atoms with E-state index in [0.29, 0.717) is 16.3 Å². The van der Waals surface area contributed by atoms with E-state index < -0.39 is 12.1 Å². The van der Waals surface area contributed by atoms with Gasteiger partial charge in [-0.25, -0.2) is 4.79 Å². The number of urea groups is 1. The molecule has 0 saturated carbocycles. The van der Waals surface area contributed by atoms with Crippen molar-refractivity contribution in [2.45, 2.75) is 19.4 Å². The number of rotatable bonds is 6. The zero-order valence-corrected chi connectivity index (χ0v) is 17.0. The Hall–Kier alpha value is -3.59. The molecule has 8 nitrogen and oxygen atoms in total. The number of aromatic nitrogens is 2. The van der Waals surface area contributed by atoms with E-state index in [-0.39, 0.29) is 18.4 Å². The zero-order valence-electron chi connectivity index (χ0n) is 16.2. The van der Waals surface area contributed by atoms with Crippen LogP contribution in [0.1, 0.15) is 44.3 Å². The SMILES string of the molecule is CCc1nnc(NC(=O)NCC(c2ccccc2)N2C(=O)c3ccccc3C2=O)s1. The summed E-state index contributed by atoms with van der Waals surface area (Å²) in [5.74, 6) is -0.744. The van der Waals surface area contributed by atoms with Gasteiger partial charge in [-0.2, -0.15) is 0 Å². The first-order valence-corrected chi connectivity index (χ1v) is 10.3. The third-order valence-corrected chi connectivity index (χ3v) is 5.75. The summed E-state index contributed by atoms with van der Waals surface area (Å²) in [6.07, 6.45) is 0.733. The van der Waals surface area contributed by atoms with Crippen molar-refractivity contribution in [2.75, 3.05) is 11.9 Å². The first kappa shape index (κ1) is 19.7. The van der Waals surface area contributed by atoms with Gasteiger partial charge in [-0.3, -0.25) is 19.8 Å². The van der Waals surface area contributed by atoms with Crippen LogP contribution in [0, 0.1) is 0 Å². The van der Waals surface area contributed by atoms with Crippen LogP contribution in [0.5, 0.6) is 0 Å². The van der Waals surface area contributed by atoms with Crippen LogP contribution in [-0.2, 0) is 6.42 Å². The minimum Gasteiger partial charge on any atom is -0.335 e. The van der Waals surface area contributed by atoms with Crippen molar-refractivity contribution in [1.82, 2.24) is 20.4 Å². The number of benzene rings is 2. The van der Waals surface area contributed by atoms with Crippen molar-refractivity contribution in [3.63, 3.8) is 0 Å². The summed E-state index contributed by atoms with van der Waals surface area (Å²) in [5, 5.41) is 14.5. The molecule has 2 aromatic carbocycles. The van der Waals surface area contributed by atoms with E-state index in [9.17, 15) is 14.4 Å². The highest BCUT2D eigenvalue weighted by atomic mass is 32.1. The normalized spacial score (nSPS) is 13.8. The number of hydrogen-bond acceptors (Lipinski definition) is 6. The first-order chi connectivity index (χ1) is 14.6. The standard InChI is InChI=1S/C21H19N5O3S/c1-2-17-24-25-21(30-17)23-20(29)22-12-16(13-8-4-3-5-9-13)26-18(27)14-10-6-7-11-15(14)19(26)28/h3-11,16H,2,12H2,1H3,(H2,22,23,25,29). The van der Waals surface area contributed by atoms with E-state index in [1.165, 1.54) is 16.2 Å². The molecule has 2 N–H and O–H groups in total. The smallest absolute Gasteiger partial charge is 0.321 e. The molecule has 4 rings (SSSR count). The molecule has 0 bridgehead atoms. The lowest BCUT2D eigenvalue weighted by atomic mass is 10.1. The summed E-state index contributed by atoms with van der Waals surface area (Å²) in [7, 11) is 0. The number of amides is 4. The summed E-state index contributed by atoms with van der Waals surface area (Å²) in [4.78, 5) is 39.5. The van der Waals surface area contributed by atoms with Crippen LogP contribution in [0.3, 0.4) is 0 Å². The van der Waals surface area contributed by atoms with Gasteiger partial charge in [-0.15, -0.1) is 10.2 Å². The summed E-state index contributed by atoms with van der Waals surface area (Å²) in [6, 6.07) is 14.8. The van der Waals surface area contributed by atoms with Gasteiger partial charge < -0.3 is 5.32 Å². The third kappa shape index (κ3) is 3.79. The largest absolute Gasteiger partial charge is 0.335 e. The topological polar surface area (TPSA) is 104 Å². The van der Waals surface area contributed by atoms with Gasteiger partial charge in [0, 0.05) is 6.54 Å². The number of hydrogen-bond donors (Lipinski definition) is 2. The van der Waals surface area contributed by atoms with Gasteiger partial charge in [0.1, 0.15) is 5.01 Å². The molecule has 1 aromatic heterocycles. The second kappa shape index (κ2) is 8.42. The van der Waals surface area contributed by atoms with Crippen molar-refractivity contribution in [3.8, 4) is 0 Å². The van der Waals surface area contributed by atoms with E-state index in [1.54, 1.807) is 24.3 Å². The fourth-order valence-electron chi connectivity index (χ4n) is 3.30. The number of anilines is 1. The van der Waals surface area contributed by atoms with Gasteiger partial charge in [-0.05, 0) is 24.1 Å². The van der Waals surface area contributed by atoms with Crippen LogP contribution in [0.2, 0.25) is 0 Å². The molecule has 1 aliphatic heterocycles. The molecule has 1 atom stereocenters. The van der Waals surface area contributed by atoms with Crippen molar-refractivity contribution < 1.29 is 14.4 Å². The Morgan fingerprint density at radius 3 is 2.23 bits per heavy atom. The molecule has 30 heavy (non-hydrogen) atoms. The van der Waals surface area contributed by atoms with Crippen molar-refractivity contribution >= 4 is 34.3 Å². The van der Waals surface area contributed by atoms with Crippen LogP contribution in [0.25, 0.3) is 0 Å². The Morgan fingerprint density at radius 1 is 1.00 bits per heavy atom. The number of imide groups is 1. The average molecular weight is 421 g/mol. The van der Waals surface area contributed by atoms with E-state index in [0.717, 1.165) is 17.0 Å². The molecule has 0 radical (unpaired) electrons. The minimum absolute atomic E-state index is 0.0563. The van der Waals surface area contributed by atoms with Crippen LogP contribution in [-0.4, -0.2) is 39.5 Å². The van der Waals surface area contributed by atoms with E-state index >= 15 is 0 Å². The van der Waals surface area contributed by atoms with Gasteiger partial charge in [0.2, 0.25) is 5.13 Å². The highest BCUT2D eigenvalue weighted by Crippen LogP contribution is 2.31. The molecule has 1 aliphatic rings. The predicted octanol–water partition coefficient (Wildman–Crippen LogP) is 3.26. The summed E-state index contributed by atoms with van der Waals surface area (Å²) >= 11 is 1.30. The Kier molecular flexibility index (Phi) is 5.53. The Labute approximate surface area is 176 Å². The van der Waals surface area contributed by atoms with Crippen LogP contribution in [0.4, 0.5) is 9.93 Å². The number of aryl methyl sites for hydroxylation is 1. The lowest BCUT2D eigenvalue weighted by Gasteiger charge is -2.27. The van der Waals surface area contributed by atoms with Gasteiger partial charge in [0.25, 0.3) is 11.8 Å². The highest BCUT2D eigenvalue weighted by Gasteiger charge is 2.40. The molecule has 9 heteroatoms. The third-order valence-electron chi connectivity index (χ3n) is 4.77. The first-order valence-electron chi connectivity index (χ1n) is 9.47. The van der Waals surface area contributed by atoms with Crippen molar-refractivity contribution in [2.24, 2.45) is 0 Å². The fraction of sp³-hybridized carbons (Fsp3) is 0.190. The second-order valence-corrected chi connectivity index (χ2v) is 7.70. The summed E-state index contributed by atoms with van der Waals surface area (Å²) < 4.78 is 0. The zero-order chi connectivity index (χ0) is 21.1. The summed E-state index contributed by atoms with van der Waals surface area (Å²) in [6.45, 7) is 2.01. The molecule has 0 fully saturated rings. The Morgan fingerprint density at radius 2 is 1.63 bits per heavy atom. The highest BCUT2D eigenvalue weighted by molar-refractivity contribution is 7.15. The lowest BCUT2D eigenvalue weighted by molar-refractivity contribution is 0.0582. The molecule has 152 valence electrons. The molecule has 0 spiro atoms. The van der Waals surface area contributed by atoms with E-state index in [4.69, 9.17) is 0 Å². The number of nitrogens with zero attached hydrogens (tertiary/aromatic N) is 3. The fourth-order valence-corrected chi connectivity index (χ4v) is 3.98. The van der Waals surface area contributed by atoms with Crippen LogP contribution in [0.15, 0.2) is 54.6 Å². The Balaban J connectivity index is 1.54. The number of carbonyl (C=O) groups is 3. The summed E-state index contributed by atoms with van der Waals surface area (Å²) in [5.41, 5.74) is 1.49. The second-order valence-electron chi connectivity index (χ2n) is 6.64. The molecule has 2 heterocycles. The number of nitrogens with one attached hydrogen (secondary N) is 2.